The number of nitrogens with zero attached hydrogens (tertiary/aromatic N) is 5. The monoisotopic (exact) mass is 376 g/mol. The normalized spacial score (nSPS) is 20.5. The molecule has 3 heterocycles. The number of nitriles is 1. The number of carbonyl (C=O) groups excluding carboxylic acids is 1. The number of nitrogens with one attached hydrogen (secondary N) is 1. The molecule has 1 fully saturated rings. The first-order valence-corrected chi connectivity index (χ1v) is 8.30. The number of fused-ring (bicyclic) bond motifs is 1. The fourth-order valence-electron chi connectivity index (χ4n) is 3.41. The van der Waals surface area contributed by atoms with E-state index in [1.807, 2.05) is 6.92 Å². The van der Waals surface area contributed by atoms with Gasteiger partial charge in [-0.25, -0.2) is 9.97 Å². The largest absolute Gasteiger partial charge is 0.503 e. The molecule has 11 nitrogen and oxygen atoms in total. The highest BCUT2D eigenvalue weighted by atomic mass is 16.5. The van der Waals surface area contributed by atoms with Gasteiger partial charge in [-0.15, -0.1) is 0 Å². The van der Waals surface area contributed by atoms with Crippen molar-refractivity contribution in [1.82, 2.24) is 19.9 Å². The molecule has 0 radical (unpaired) electrons. The Morgan fingerprint density at radius 1 is 1.44 bits per heavy atom. The molecule has 1 aliphatic rings. The quantitative estimate of drug-likeness (QED) is 0.341. The third kappa shape index (κ3) is 3.09. The second-order valence-corrected chi connectivity index (χ2v) is 6.72. The number of piperidine rings is 1. The van der Waals surface area contributed by atoms with Crippen LogP contribution in [0, 0.1) is 17.2 Å². The summed E-state index contributed by atoms with van der Waals surface area (Å²) in [6.07, 6.45) is 1.85. The molecule has 2 unspecified atom stereocenters. The van der Waals surface area contributed by atoms with Crippen LogP contribution < -0.4 is 4.90 Å². The highest BCUT2D eigenvalue weighted by Crippen LogP contribution is 2.39. The third-order valence-corrected chi connectivity index (χ3v) is 5.02. The molecule has 2 aromatic rings. The zero-order valence-electron chi connectivity index (χ0n) is 14.8. The van der Waals surface area contributed by atoms with E-state index in [4.69, 9.17) is 5.26 Å². The lowest BCUT2D eigenvalue weighted by Gasteiger charge is -2.42. The summed E-state index contributed by atoms with van der Waals surface area (Å²) in [5.41, 5.74) is 0.257. The molecule has 27 heavy (non-hydrogen) atoms. The van der Waals surface area contributed by atoms with Gasteiger partial charge in [0.15, 0.2) is 5.75 Å². The Morgan fingerprint density at radius 2 is 2.15 bits per heavy atom. The minimum atomic E-state index is -3.07. The van der Waals surface area contributed by atoms with Crippen molar-refractivity contribution in [1.29, 1.82) is 5.26 Å². The Kier molecular flexibility index (Phi) is 4.54. The first-order chi connectivity index (χ1) is 12.7. The van der Waals surface area contributed by atoms with E-state index in [1.54, 1.807) is 11.9 Å². The predicted octanol–water partition coefficient (Wildman–Crippen LogP) is -0.753. The number of hydrogen-bond acceptors (Lipinski definition) is 9. The van der Waals surface area contributed by atoms with Crippen molar-refractivity contribution in [3.63, 3.8) is 0 Å². The number of likely N-dealkylation sites (tertiary alicyclic amines) is 1. The van der Waals surface area contributed by atoms with Gasteiger partial charge in [-0.1, -0.05) is 6.92 Å². The molecule has 1 saturated heterocycles. The Balaban J connectivity index is 1.93. The van der Waals surface area contributed by atoms with E-state index < -0.39 is 17.6 Å². The smallest absolute Gasteiger partial charge is 0.336 e. The highest BCUT2D eigenvalue weighted by Gasteiger charge is 2.41. The summed E-state index contributed by atoms with van der Waals surface area (Å²) in [5, 5.41) is 47.9. The topological polar surface area (TPSA) is 170 Å². The van der Waals surface area contributed by atoms with E-state index in [0.29, 0.717) is 12.2 Å². The number of carbonyl (C=O) groups is 1. The summed E-state index contributed by atoms with van der Waals surface area (Å²) in [5.74, 6) is -4.50. The Labute approximate surface area is 154 Å². The lowest BCUT2D eigenvalue weighted by atomic mass is 9.91. The van der Waals surface area contributed by atoms with Gasteiger partial charge in [-0.3, -0.25) is 4.79 Å². The summed E-state index contributed by atoms with van der Waals surface area (Å²) in [6.45, 7) is 2.39. The van der Waals surface area contributed by atoms with Gasteiger partial charge in [0, 0.05) is 20.1 Å². The van der Waals surface area contributed by atoms with Crippen LogP contribution in [0.25, 0.3) is 11.0 Å². The number of H-pyrrole nitrogens is 1. The fraction of sp³-hybridized carbons (Fsp3) is 0.500. The second kappa shape index (κ2) is 6.57. The van der Waals surface area contributed by atoms with Crippen molar-refractivity contribution in [3.8, 4) is 17.7 Å². The lowest BCUT2D eigenvalue weighted by molar-refractivity contribution is -0.178. The average Bonchev–Trinajstić information content (AvgIpc) is 2.95. The summed E-state index contributed by atoms with van der Waals surface area (Å²) >= 11 is 0. The third-order valence-electron chi connectivity index (χ3n) is 5.02. The molecular weight excluding hydrogens is 356 g/mol. The number of likely N-dealkylation sites (N-methyl/N-ethyl adjacent to an activating group) is 1. The maximum Gasteiger partial charge on any atom is 0.336 e. The van der Waals surface area contributed by atoms with Crippen LogP contribution in [0.1, 0.15) is 13.3 Å². The maximum atomic E-state index is 12.2. The van der Waals surface area contributed by atoms with Crippen molar-refractivity contribution in [2.75, 3.05) is 25.0 Å². The van der Waals surface area contributed by atoms with Crippen LogP contribution in [0.15, 0.2) is 6.33 Å². The van der Waals surface area contributed by atoms with Crippen molar-refractivity contribution in [2.45, 2.75) is 25.2 Å². The van der Waals surface area contributed by atoms with Crippen LogP contribution in [0.4, 0.5) is 5.82 Å². The molecule has 3 rings (SSSR count). The van der Waals surface area contributed by atoms with E-state index in [-0.39, 0.29) is 41.8 Å². The fourth-order valence-corrected chi connectivity index (χ4v) is 3.41. The van der Waals surface area contributed by atoms with Gasteiger partial charge in [0.05, 0.1) is 6.04 Å². The molecule has 0 saturated carbocycles. The van der Waals surface area contributed by atoms with Gasteiger partial charge in [-0.05, 0) is 12.3 Å². The molecule has 1 aliphatic heterocycles. The molecule has 2 aromatic heterocycles. The van der Waals surface area contributed by atoms with Crippen LogP contribution in [0.5, 0.6) is 11.6 Å². The summed E-state index contributed by atoms with van der Waals surface area (Å²) in [6, 6.07) is 0.895. The summed E-state index contributed by atoms with van der Waals surface area (Å²) in [7, 11) is 1.72. The van der Waals surface area contributed by atoms with Gasteiger partial charge < -0.3 is 35.2 Å². The number of aliphatic hydroxyl groups is 2. The van der Waals surface area contributed by atoms with Gasteiger partial charge in [0.2, 0.25) is 5.88 Å². The molecule has 0 aliphatic carbocycles. The maximum absolute atomic E-state index is 12.2. The van der Waals surface area contributed by atoms with Crippen LogP contribution in [-0.4, -0.2) is 78.2 Å². The van der Waals surface area contributed by atoms with Crippen molar-refractivity contribution < 1.29 is 25.2 Å². The van der Waals surface area contributed by atoms with Crippen LogP contribution in [0.2, 0.25) is 0 Å². The zero-order valence-corrected chi connectivity index (χ0v) is 14.8. The Hall–Kier alpha value is -3.10. The second-order valence-electron chi connectivity index (χ2n) is 6.72. The van der Waals surface area contributed by atoms with E-state index >= 15 is 0 Å². The Morgan fingerprint density at radius 3 is 2.81 bits per heavy atom. The SMILES string of the molecule is CC1CCN(C(=O)C(O)(O)C#N)CC1N(C)c1ncnc2[nH]c(O)c(O)c12. The first kappa shape index (κ1) is 18.7. The van der Waals surface area contributed by atoms with E-state index in [9.17, 15) is 25.2 Å². The number of anilines is 1. The molecule has 0 aromatic carbocycles. The predicted molar refractivity (Wildman–Crippen MR) is 92.6 cm³/mol. The highest BCUT2D eigenvalue weighted by molar-refractivity contribution is 5.95. The van der Waals surface area contributed by atoms with Crippen LogP contribution in [-0.2, 0) is 4.79 Å². The van der Waals surface area contributed by atoms with E-state index in [0.717, 1.165) is 0 Å². The number of aromatic nitrogens is 3. The van der Waals surface area contributed by atoms with Gasteiger partial charge in [0.1, 0.15) is 29.2 Å². The molecule has 2 atom stereocenters. The van der Waals surface area contributed by atoms with E-state index in [1.165, 1.54) is 17.3 Å². The van der Waals surface area contributed by atoms with Crippen molar-refractivity contribution in [3.05, 3.63) is 6.33 Å². The molecular formula is C16H20N6O5. The minimum absolute atomic E-state index is 0.104. The molecule has 0 bridgehead atoms. The van der Waals surface area contributed by atoms with Gasteiger partial charge in [-0.2, -0.15) is 5.26 Å². The number of rotatable bonds is 3. The molecule has 1 amide bonds. The molecule has 5 N–H and O–H groups in total. The zero-order chi connectivity index (χ0) is 19.9. The Bertz CT molecular complexity index is 920. The average molecular weight is 376 g/mol. The summed E-state index contributed by atoms with van der Waals surface area (Å²) in [4.78, 5) is 25.9. The standard InChI is InChI=1S/C16H20N6O5/c1-8-3-4-22(15(25)16(26,27)6-17)5-9(8)21(2)13-10-11(23)14(24)20-12(10)18-7-19-13/h7-9,23-24,26-27H,3-5H2,1-2H3,(H,18,19,20). The van der Waals surface area contributed by atoms with Gasteiger partial charge >= 0.3 is 5.79 Å². The van der Waals surface area contributed by atoms with Crippen molar-refractivity contribution in [2.24, 2.45) is 5.92 Å². The minimum Gasteiger partial charge on any atom is -0.503 e. The van der Waals surface area contributed by atoms with E-state index in [2.05, 4.69) is 15.0 Å². The van der Waals surface area contributed by atoms with Crippen LogP contribution >= 0.6 is 0 Å². The lowest BCUT2D eigenvalue weighted by Crippen LogP contribution is -2.57. The first-order valence-electron chi connectivity index (χ1n) is 8.30. The van der Waals surface area contributed by atoms with Crippen molar-refractivity contribution >= 4 is 22.8 Å². The molecule has 144 valence electrons. The number of aromatic hydroxyl groups is 2. The summed E-state index contributed by atoms with van der Waals surface area (Å²) < 4.78 is 0. The molecule has 0 spiro atoms. The number of hydrogen-bond donors (Lipinski definition) is 5. The molecule has 11 heteroatoms. The van der Waals surface area contributed by atoms with Crippen LogP contribution in [0.3, 0.4) is 0 Å². The number of amides is 1. The number of aromatic amines is 1. The van der Waals surface area contributed by atoms with Gasteiger partial charge in [0.25, 0.3) is 5.91 Å².